The molecule has 0 spiro atoms. The molecule has 15 heavy (non-hydrogen) atoms. The number of rotatable bonds is 1. The summed E-state index contributed by atoms with van der Waals surface area (Å²) >= 11 is 0. The average Bonchev–Trinajstić information content (AvgIpc) is 2.30. The van der Waals surface area contributed by atoms with Crippen LogP contribution in [0.3, 0.4) is 0 Å². The second-order valence-corrected chi connectivity index (χ2v) is 2.77. The number of hydrogen-bond acceptors (Lipinski definition) is 3. The molecule has 1 heterocycles. The van der Waals surface area contributed by atoms with Gasteiger partial charge in [0.05, 0.1) is 12.6 Å². The molecule has 0 radical (unpaired) electrons. The van der Waals surface area contributed by atoms with E-state index in [0.717, 1.165) is 16.7 Å². The van der Waals surface area contributed by atoms with E-state index in [9.17, 15) is 0 Å². The van der Waals surface area contributed by atoms with Crippen molar-refractivity contribution in [3.05, 3.63) is 30.3 Å². The molecular formula is C12H16N2O. The van der Waals surface area contributed by atoms with Crippen LogP contribution in [0.5, 0.6) is 5.75 Å². The van der Waals surface area contributed by atoms with Gasteiger partial charge in [0.2, 0.25) is 0 Å². The molecule has 1 aromatic heterocycles. The van der Waals surface area contributed by atoms with E-state index in [1.807, 2.05) is 38.1 Å². The van der Waals surface area contributed by atoms with E-state index >= 15 is 0 Å². The number of para-hydroxylation sites is 1. The summed E-state index contributed by atoms with van der Waals surface area (Å²) in [5, 5.41) is 0.985. The third-order valence-corrected chi connectivity index (χ3v) is 1.92. The van der Waals surface area contributed by atoms with Crippen molar-refractivity contribution in [1.82, 2.24) is 4.98 Å². The number of pyridine rings is 1. The highest BCUT2D eigenvalue weighted by atomic mass is 16.5. The normalized spacial score (nSPS) is 9.27. The van der Waals surface area contributed by atoms with Crippen molar-refractivity contribution in [2.45, 2.75) is 13.8 Å². The van der Waals surface area contributed by atoms with Crippen molar-refractivity contribution >= 4 is 16.7 Å². The maximum Gasteiger partial charge on any atom is 0.131 e. The van der Waals surface area contributed by atoms with Gasteiger partial charge in [-0.05, 0) is 12.1 Å². The lowest BCUT2D eigenvalue weighted by molar-refractivity contribution is 0.420. The largest absolute Gasteiger partial charge is 0.496 e. The van der Waals surface area contributed by atoms with E-state index in [4.69, 9.17) is 10.5 Å². The van der Waals surface area contributed by atoms with Crippen LogP contribution in [-0.2, 0) is 0 Å². The van der Waals surface area contributed by atoms with Crippen LogP contribution in [0.2, 0.25) is 0 Å². The molecule has 3 nitrogen and oxygen atoms in total. The quantitative estimate of drug-likeness (QED) is 0.777. The lowest BCUT2D eigenvalue weighted by atomic mass is 10.2. The number of nitrogen functional groups attached to an aromatic ring is 1. The SMILES string of the molecule is CC.COc1cc(N)nc2ccccc12. The van der Waals surface area contributed by atoms with Gasteiger partial charge in [0.25, 0.3) is 0 Å². The number of nitrogens with two attached hydrogens (primary N) is 1. The number of methoxy groups -OCH3 is 1. The van der Waals surface area contributed by atoms with E-state index in [2.05, 4.69) is 4.98 Å². The Hall–Kier alpha value is -1.77. The summed E-state index contributed by atoms with van der Waals surface area (Å²) in [7, 11) is 1.63. The van der Waals surface area contributed by atoms with Gasteiger partial charge in [-0.2, -0.15) is 0 Å². The number of fused-ring (bicyclic) bond motifs is 1. The Morgan fingerprint density at radius 2 is 1.87 bits per heavy atom. The molecule has 0 amide bonds. The van der Waals surface area contributed by atoms with Crippen LogP contribution in [0.4, 0.5) is 5.82 Å². The minimum absolute atomic E-state index is 0.482. The Balaban J connectivity index is 0.000000531. The van der Waals surface area contributed by atoms with Gasteiger partial charge < -0.3 is 10.5 Å². The highest BCUT2D eigenvalue weighted by molar-refractivity contribution is 5.86. The molecule has 0 atom stereocenters. The summed E-state index contributed by atoms with van der Waals surface area (Å²) in [4.78, 5) is 4.18. The second kappa shape index (κ2) is 5.20. The first-order valence-electron chi connectivity index (χ1n) is 5.00. The number of hydrogen-bond donors (Lipinski definition) is 1. The van der Waals surface area contributed by atoms with Gasteiger partial charge in [-0.15, -0.1) is 0 Å². The van der Waals surface area contributed by atoms with Crippen LogP contribution in [0.1, 0.15) is 13.8 Å². The molecule has 0 saturated carbocycles. The number of anilines is 1. The van der Waals surface area contributed by atoms with Crippen LogP contribution >= 0.6 is 0 Å². The highest BCUT2D eigenvalue weighted by Crippen LogP contribution is 2.25. The van der Waals surface area contributed by atoms with Gasteiger partial charge in [-0.3, -0.25) is 0 Å². The monoisotopic (exact) mass is 204 g/mol. The van der Waals surface area contributed by atoms with E-state index in [-0.39, 0.29) is 0 Å². The fourth-order valence-corrected chi connectivity index (χ4v) is 1.33. The molecule has 1 aromatic carbocycles. The van der Waals surface area contributed by atoms with Crippen LogP contribution in [0.25, 0.3) is 10.9 Å². The van der Waals surface area contributed by atoms with Gasteiger partial charge in [0.1, 0.15) is 11.6 Å². The molecule has 0 fully saturated rings. The molecule has 2 rings (SSSR count). The van der Waals surface area contributed by atoms with Crippen LogP contribution in [0.15, 0.2) is 30.3 Å². The van der Waals surface area contributed by atoms with Crippen molar-refractivity contribution in [2.75, 3.05) is 12.8 Å². The minimum atomic E-state index is 0.482. The van der Waals surface area contributed by atoms with Crippen LogP contribution < -0.4 is 10.5 Å². The van der Waals surface area contributed by atoms with Gasteiger partial charge in [-0.1, -0.05) is 26.0 Å². The van der Waals surface area contributed by atoms with Crippen molar-refractivity contribution in [2.24, 2.45) is 0 Å². The summed E-state index contributed by atoms with van der Waals surface area (Å²) in [5.41, 5.74) is 6.47. The van der Waals surface area contributed by atoms with Crippen molar-refractivity contribution in [3.8, 4) is 5.75 Å². The van der Waals surface area contributed by atoms with Crippen LogP contribution in [-0.4, -0.2) is 12.1 Å². The zero-order chi connectivity index (χ0) is 11.3. The van der Waals surface area contributed by atoms with Crippen molar-refractivity contribution < 1.29 is 4.74 Å². The predicted octanol–water partition coefficient (Wildman–Crippen LogP) is 2.85. The molecular weight excluding hydrogens is 188 g/mol. The Morgan fingerprint density at radius 1 is 1.20 bits per heavy atom. The molecule has 0 aliphatic carbocycles. The van der Waals surface area contributed by atoms with Gasteiger partial charge in [0.15, 0.2) is 0 Å². The van der Waals surface area contributed by atoms with Crippen molar-refractivity contribution in [3.63, 3.8) is 0 Å². The molecule has 0 bridgehead atoms. The summed E-state index contributed by atoms with van der Waals surface area (Å²) in [6.07, 6.45) is 0. The molecule has 80 valence electrons. The van der Waals surface area contributed by atoms with E-state index in [1.165, 1.54) is 0 Å². The third kappa shape index (κ3) is 2.37. The summed E-state index contributed by atoms with van der Waals surface area (Å²) in [6.45, 7) is 4.00. The lowest BCUT2D eigenvalue weighted by Crippen LogP contribution is -1.93. The first kappa shape index (κ1) is 11.3. The second-order valence-electron chi connectivity index (χ2n) is 2.77. The summed E-state index contributed by atoms with van der Waals surface area (Å²) in [6, 6.07) is 9.47. The maximum atomic E-state index is 5.61. The lowest BCUT2D eigenvalue weighted by Gasteiger charge is -2.05. The maximum absolute atomic E-state index is 5.61. The highest BCUT2D eigenvalue weighted by Gasteiger charge is 2.02. The fourth-order valence-electron chi connectivity index (χ4n) is 1.33. The number of aromatic nitrogens is 1. The van der Waals surface area contributed by atoms with Gasteiger partial charge in [0, 0.05) is 11.5 Å². The molecule has 2 aromatic rings. The molecule has 0 aliphatic rings. The number of benzene rings is 1. The van der Waals surface area contributed by atoms with E-state index < -0.39 is 0 Å². The first-order valence-corrected chi connectivity index (χ1v) is 5.00. The standard InChI is InChI=1S/C10H10N2O.C2H6/c1-13-9-6-10(11)12-8-5-3-2-4-7(8)9;1-2/h2-6H,1H3,(H2,11,12);1-2H3. The summed E-state index contributed by atoms with van der Waals surface area (Å²) in [5.74, 6) is 1.25. The Morgan fingerprint density at radius 3 is 2.53 bits per heavy atom. The predicted molar refractivity (Wildman–Crippen MR) is 64.1 cm³/mol. The van der Waals surface area contributed by atoms with Gasteiger partial charge >= 0.3 is 0 Å². The molecule has 0 saturated heterocycles. The molecule has 0 aliphatic heterocycles. The topological polar surface area (TPSA) is 48.1 Å². The Kier molecular flexibility index (Phi) is 3.92. The average molecular weight is 204 g/mol. The molecule has 0 unspecified atom stereocenters. The number of nitrogens with zero attached hydrogens (tertiary/aromatic N) is 1. The third-order valence-electron chi connectivity index (χ3n) is 1.92. The van der Waals surface area contributed by atoms with Gasteiger partial charge in [-0.25, -0.2) is 4.98 Å². The number of ether oxygens (including phenoxy) is 1. The van der Waals surface area contributed by atoms with Crippen molar-refractivity contribution in [1.29, 1.82) is 0 Å². The molecule has 2 N–H and O–H groups in total. The zero-order valence-electron chi connectivity index (χ0n) is 9.32. The zero-order valence-corrected chi connectivity index (χ0v) is 9.32. The van der Waals surface area contributed by atoms with Crippen LogP contribution in [0, 0.1) is 0 Å². The van der Waals surface area contributed by atoms with E-state index in [0.29, 0.717) is 5.82 Å². The summed E-state index contributed by atoms with van der Waals surface area (Å²) < 4.78 is 5.19. The Labute approximate surface area is 89.9 Å². The Bertz CT molecular complexity index is 441. The molecule has 3 heteroatoms. The smallest absolute Gasteiger partial charge is 0.131 e. The minimum Gasteiger partial charge on any atom is -0.496 e. The van der Waals surface area contributed by atoms with E-state index in [1.54, 1.807) is 13.2 Å². The fraction of sp³-hybridized carbons (Fsp3) is 0.250. The first-order chi connectivity index (χ1) is 7.31.